The number of rotatable bonds is 5. The molecule has 2 heteroatoms. The Hall–Kier alpha value is -0.860. The molecule has 0 heterocycles. The van der Waals surface area contributed by atoms with Crippen molar-refractivity contribution < 1.29 is 5.11 Å². The van der Waals surface area contributed by atoms with E-state index in [1.54, 1.807) is 0 Å². The second kappa shape index (κ2) is 4.77. The molecule has 0 aliphatic heterocycles. The van der Waals surface area contributed by atoms with Gasteiger partial charge >= 0.3 is 0 Å². The van der Waals surface area contributed by atoms with E-state index in [0.29, 0.717) is 12.5 Å². The van der Waals surface area contributed by atoms with E-state index < -0.39 is 0 Å². The Morgan fingerprint density at radius 3 is 2.40 bits per heavy atom. The lowest BCUT2D eigenvalue weighted by atomic mass is 9.95. The molecular weight excluding hydrogens is 186 g/mol. The molecule has 0 bridgehead atoms. The van der Waals surface area contributed by atoms with Gasteiger partial charge in [-0.15, -0.1) is 0 Å². The Morgan fingerprint density at radius 1 is 1.27 bits per heavy atom. The molecule has 1 fully saturated rings. The van der Waals surface area contributed by atoms with Gasteiger partial charge in [-0.3, -0.25) is 0 Å². The van der Waals surface area contributed by atoms with Crippen molar-refractivity contribution >= 4 is 0 Å². The summed E-state index contributed by atoms with van der Waals surface area (Å²) in [5.41, 5.74) is 8.41. The van der Waals surface area contributed by atoms with E-state index >= 15 is 0 Å². The maximum Gasteiger partial charge on any atom is 0.0437 e. The molecule has 0 aromatic heterocycles. The molecule has 3 N–H and O–H groups in total. The third-order valence-corrected chi connectivity index (χ3v) is 3.22. The molecular formula is C13H19NO. The lowest BCUT2D eigenvalue weighted by Crippen LogP contribution is -2.13. The summed E-state index contributed by atoms with van der Waals surface area (Å²) >= 11 is 0. The zero-order valence-electron chi connectivity index (χ0n) is 9.02. The van der Waals surface area contributed by atoms with Crippen molar-refractivity contribution in [2.24, 2.45) is 5.73 Å². The molecule has 15 heavy (non-hydrogen) atoms. The van der Waals surface area contributed by atoms with E-state index in [1.165, 1.54) is 24.0 Å². The van der Waals surface area contributed by atoms with Crippen LogP contribution in [0.2, 0.25) is 0 Å². The fourth-order valence-corrected chi connectivity index (χ4v) is 2.03. The van der Waals surface area contributed by atoms with Crippen LogP contribution in [0, 0.1) is 0 Å². The first-order valence-corrected chi connectivity index (χ1v) is 5.76. The molecule has 0 amide bonds. The van der Waals surface area contributed by atoms with Crippen LogP contribution in [0.15, 0.2) is 24.3 Å². The van der Waals surface area contributed by atoms with Gasteiger partial charge in [-0.25, -0.2) is 0 Å². The lowest BCUT2D eigenvalue weighted by molar-refractivity contribution is 0.276. The highest BCUT2D eigenvalue weighted by atomic mass is 16.3. The van der Waals surface area contributed by atoms with Crippen LogP contribution >= 0.6 is 0 Å². The summed E-state index contributed by atoms with van der Waals surface area (Å²) in [6.07, 6.45) is 3.45. The standard InChI is InChI=1S/C13H19NO/c14-9-13(7-8-15)12-5-3-11(4-6-12)10-1-2-10/h3-6,10,13,15H,1-2,7-9,14H2. The summed E-state index contributed by atoms with van der Waals surface area (Å²) in [6.45, 7) is 0.829. The van der Waals surface area contributed by atoms with Crippen LogP contribution in [0.1, 0.15) is 42.2 Å². The van der Waals surface area contributed by atoms with Gasteiger partial charge in [0.15, 0.2) is 0 Å². The molecule has 2 rings (SSSR count). The molecule has 1 aliphatic rings. The Labute approximate surface area is 91.1 Å². The van der Waals surface area contributed by atoms with E-state index in [2.05, 4.69) is 24.3 Å². The quantitative estimate of drug-likeness (QED) is 0.772. The van der Waals surface area contributed by atoms with Crippen molar-refractivity contribution in [1.29, 1.82) is 0 Å². The van der Waals surface area contributed by atoms with Crippen molar-refractivity contribution in [3.63, 3.8) is 0 Å². The topological polar surface area (TPSA) is 46.2 Å². The highest BCUT2D eigenvalue weighted by molar-refractivity contribution is 5.30. The Bertz CT molecular complexity index is 303. The van der Waals surface area contributed by atoms with Crippen LogP contribution in [-0.4, -0.2) is 18.3 Å². The number of benzene rings is 1. The van der Waals surface area contributed by atoms with E-state index in [-0.39, 0.29) is 6.61 Å². The van der Waals surface area contributed by atoms with Crippen molar-refractivity contribution in [1.82, 2.24) is 0 Å². The predicted octanol–water partition coefficient (Wildman–Crippen LogP) is 1.99. The van der Waals surface area contributed by atoms with E-state index in [9.17, 15) is 0 Å². The van der Waals surface area contributed by atoms with Crippen molar-refractivity contribution in [3.05, 3.63) is 35.4 Å². The van der Waals surface area contributed by atoms with Crippen molar-refractivity contribution in [3.8, 4) is 0 Å². The molecule has 1 aromatic rings. The third kappa shape index (κ3) is 2.58. The van der Waals surface area contributed by atoms with Gasteiger partial charge in [-0.1, -0.05) is 24.3 Å². The maximum atomic E-state index is 8.93. The Balaban J connectivity index is 2.06. The van der Waals surface area contributed by atoms with Gasteiger partial charge in [0, 0.05) is 6.61 Å². The van der Waals surface area contributed by atoms with Crippen molar-refractivity contribution in [2.75, 3.05) is 13.2 Å². The molecule has 1 unspecified atom stereocenters. The van der Waals surface area contributed by atoms with Crippen LogP contribution in [-0.2, 0) is 0 Å². The Kier molecular flexibility index (Phi) is 3.39. The predicted molar refractivity (Wildman–Crippen MR) is 61.9 cm³/mol. The van der Waals surface area contributed by atoms with Gasteiger partial charge in [0.2, 0.25) is 0 Å². The molecule has 82 valence electrons. The average Bonchev–Trinajstić information content (AvgIpc) is 3.10. The van der Waals surface area contributed by atoms with Crippen molar-refractivity contribution in [2.45, 2.75) is 31.1 Å². The summed E-state index contributed by atoms with van der Waals surface area (Å²) in [5.74, 6) is 1.12. The van der Waals surface area contributed by atoms with E-state index in [4.69, 9.17) is 10.8 Å². The summed E-state index contributed by atoms with van der Waals surface area (Å²) in [4.78, 5) is 0. The van der Waals surface area contributed by atoms with Crippen LogP contribution in [0.5, 0.6) is 0 Å². The first kappa shape index (κ1) is 10.7. The average molecular weight is 205 g/mol. The lowest BCUT2D eigenvalue weighted by Gasteiger charge is -2.14. The maximum absolute atomic E-state index is 8.93. The monoisotopic (exact) mass is 205 g/mol. The summed E-state index contributed by atoms with van der Waals surface area (Å²) in [7, 11) is 0. The fourth-order valence-electron chi connectivity index (χ4n) is 2.03. The molecule has 0 radical (unpaired) electrons. The highest BCUT2D eigenvalue weighted by Crippen LogP contribution is 2.40. The number of aliphatic hydroxyl groups is 1. The minimum Gasteiger partial charge on any atom is -0.396 e. The zero-order valence-corrected chi connectivity index (χ0v) is 9.02. The largest absolute Gasteiger partial charge is 0.396 e. The fraction of sp³-hybridized carbons (Fsp3) is 0.538. The highest BCUT2D eigenvalue weighted by Gasteiger charge is 2.23. The number of hydrogen-bond acceptors (Lipinski definition) is 2. The first-order valence-electron chi connectivity index (χ1n) is 5.76. The van der Waals surface area contributed by atoms with Gasteiger partial charge in [0.05, 0.1) is 0 Å². The second-order valence-electron chi connectivity index (χ2n) is 4.39. The smallest absolute Gasteiger partial charge is 0.0437 e. The molecule has 0 spiro atoms. The first-order chi connectivity index (χ1) is 7.35. The SMILES string of the molecule is NCC(CCO)c1ccc(C2CC2)cc1. The molecule has 1 saturated carbocycles. The van der Waals surface area contributed by atoms with Gasteiger partial charge in [0.25, 0.3) is 0 Å². The van der Waals surface area contributed by atoms with E-state index in [1.807, 2.05) is 0 Å². The van der Waals surface area contributed by atoms with Gasteiger partial charge in [0.1, 0.15) is 0 Å². The molecule has 2 nitrogen and oxygen atoms in total. The number of hydrogen-bond donors (Lipinski definition) is 2. The Morgan fingerprint density at radius 2 is 1.93 bits per heavy atom. The zero-order chi connectivity index (χ0) is 10.7. The van der Waals surface area contributed by atoms with Gasteiger partial charge in [-0.05, 0) is 48.8 Å². The second-order valence-corrected chi connectivity index (χ2v) is 4.39. The minimum absolute atomic E-state index is 0.215. The summed E-state index contributed by atoms with van der Waals surface area (Å²) in [6, 6.07) is 8.77. The molecule has 1 atom stereocenters. The minimum atomic E-state index is 0.215. The third-order valence-electron chi connectivity index (χ3n) is 3.22. The number of aliphatic hydroxyl groups excluding tert-OH is 1. The van der Waals surface area contributed by atoms with Crippen LogP contribution in [0.3, 0.4) is 0 Å². The summed E-state index contributed by atoms with van der Waals surface area (Å²) in [5, 5.41) is 8.93. The normalized spacial score (nSPS) is 17.7. The molecule has 1 aliphatic carbocycles. The van der Waals surface area contributed by atoms with Crippen LogP contribution in [0.25, 0.3) is 0 Å². The summed E-state index contributed by atoms with van der Waals surface area (Å²) < 4.78 is 0. The molecule has 0 saturated heterocycles. The molecule has 1 aromatic carbocycles. The van der Waals surface area contributed by atoms with Gasteiger partial charge in [-0.2, -0.15) is 0 Å². The van der Waals surface area contributed by atoms with Gasteiger partial charge < -0.3 is 10.8 Å². The number of nitrogens with two attached hydrogens (primary N) is 1. The van der Waals surface area contributed by atoms with E-state index in [0.717, 1.165) is 12.3 Å². The van der Waals surface area contributed by atoms with Crippen LogP contribution in [0.4, 0.5) is 0 Å². The van der Waals surface area contributed by atoms with Crippen LogP contribution < -0.4 is 5.73 Å².